The Morgan fingerprint density at radius 1 is 1.08 bits per heavy atom. The van der Waals surface area contributed by atoms with E-state index in [1.54, 1.807) is 18.2 Å². The first kappa shape index (κ1) is 15.7. The Hall–Kier alpha value is -3.21. The molecule has 0 atom stereocenters. The highest BCUT2D eigenvalue weighted by Crippen LogP contribution is 2.21. The summed E-state index contributed by atoms with van der Waals surface area (Å²) in [7, 11) is 0. The van der Waals surface area contributed by atoms with Gasteiger partial charge in [0, 0.05) is 11.8 Å². The molecule has 2 aromatic carbocycles. The van der Waals surface area contributed by atoms with Crippen LogP contribution in [0.2, 0.25) is 0 Å². The molecule has 0 bridgehead atoms. The maximum Gasteiger partial charge on any atom is 0.240 e. The van der Waals surface area contributed by atoms with Crippen LogP contribution in [0, 0.1) is 0 Å². The van der Waals surface area contributed by atoms with Gasteiger partial charge in [-0.2, -0.15) is 5.10 Å². The second-order valence-corrected chi connectivity index (χ2v) is 5.36. The Labute approximate surface area is 139 Å². The van der Waals surface area contributed by atoms with Crippen LogP contribution in [0.3, 0.4) is 0 Å². The van der Waals surface area contributed by atoms with Gasteiger partial charge in [-0.05, 0) is 24.1 Å². The second-order valence-electron chi connectivity index (χ2n) is 5.36. The number of hydrogen-bond acceptors (Lipinski definition) is 4. The fourth-order valence-corrected chi connectivity index (χ4v) is 2.35. The van der Waals surface area contributed by atoms with E-state index >= 15 is 0 Å². The highest BCUT2D eigenvalue weighted by atomic mass is 16.3. The molecule has 5 nitrogen and oxygen atoms in total. The Morgan fingerprint density at radius 2 is 1.92 bits per heavy atom. The van der Waals surface area contributed by atoms with Crippen molar-refractivity contribution < 1.29 is 9.90 Å². The third kappa shape index (κ3) is 3.95. The number of nitrogens with zero attached hydrogens (tertiary/aromatic N) is 2. The molecule has 1 aromatic heterocycles. The van der Waals surface area contributed by atoms with Crippen molar-refractivity contribution in [2.24, 2.45) is 5.10 Å². The number of para-hydroxylation sites is 1. The number of carbonyl (C=O) groups excluding carboxylic acids is 1. The number of phenolic OH excluding ortho intramolecular Hbond substituents is 1. The van der Waals surface area contributed by atoms with Crippen molar-refractivity contribution in [2.45, 2.75) is 12.8 Å². The first-order chi connectivity index (χ1) is 11.7. The Kier molecular flexibility index (Phi) is 4.81. The molecular formula is C19H17N3O2. The molecule has 3 rings (SSSR count). The van der Waals surface area contributed by atoms with E-state index < -0.39 is 0 Å². The van der Waals surface area contributed by atoms with Gasteiger partial charge in [-0.3, -0.25) is 4.79 Å². The van der Waals surface area contributed by atoms with Crippen LogP contribution in [0.25, 0.3) is 10.9 Å². The number of pyridine rings is 1. The highest BCUT2D eigenvalue weighted by molar-refractivity contribution is 5.88. The van der Waals surface area contributed by atoms with Gasteiger partial charge in [0.2, 0.25) is 5.91 Å². The number of rotatable bonds is 5. The molecule has 0 radical (unpaired) electrons. The lowest BCUT2D eigenvalue weighted by Crippen LogP contribution is -2.18. The van der Waals surface area contributed by atoms with Gasteiger partial charge in [0.25, 0.3) is 0 Å². The van der Waals surface area contributed by atoms with Crippen molar-refractivity contribution in [1.29, 1.82) is 0 Å². The van der Waals surface area contributed by atoms with Gasteiger partial charge < -0.3 is 5.11 Å². The van der Waals surface area contributed by atoms with Gasteiger partial charge in [-0.25, -0.2) is 10.4 Å². The molecule has 0 saturated carbocycles. The number of hydrogen-bond donors (Lipinski definition) is 2. The van der Waals surface area contributed by atoms with E-state index in [0.717, 1.165) is 10.9 Å². The van der Waals surface area contributed by atoms with Crippen LogP contribution in [-0.2, 0) is 11.2 Å². The van der Waals surface area contributed by atoms with Gasteiger partial charge in [0.15, 0.2) is 0 Å². The summed E-state index contributed by atoms with van der Waals surface area (Å²) in [6, 6.07) is 18.7. The van der Waals surface area contributed by atoms with E-state index in [9.17, 15) is 9.90 Å². The van der Waals surface area contributed by atoms with Crippen LogP contribution in [0.4, 0.5) is 0 Å². The minimum Gasteiger partial charge on any atom is -0.506 e. The molecule has 24 heavy (non-hydrogen) atoms. The molecule has 120 valence electrons. The number of aromatic hydroxyl groups is 1. The molecule has 3 aromatic rings. The molecule has 0 aliphatic rings. The standard InChI is InChI=1S/C19H17N3O2/c23-17-8-4-7-15-10-11-16(21-19(15)17)13-20-22-18(24)12-9-14-5-2-1-3-6-14/h1-8,10-11,13,23H,9,12H2,(H,22,24)/b20-13-. The number of amides is 1. The smallest absolute Gasteiger partial charge is 0.240 e. The molecule has 0 unspecified atom stereocenters. The average molecular weight is 319 g/mol. The topological polar surface area (TPSA) is 74.6 Å². The van der Waals surface area contributed by atoms with E-state index in [1.807, 2.05) is 42.5 Å². The van der Waals surface area contributed by atoms with Crippen LogP contribution < -0.4 is 5.43 Å². The van der Waals surface area contributed by atoms with Crippen LogP contribution in [-0.4, -0.2) is 22.2 Å². The maximum absolute atomic E-state index is 11.8. The number of aryl methyl sites for hydroxylation is 1. The van der Waals surface area contributed by atoms with Crippen molar-refractivity contribution in [3.8, 4) is 5.75 Å². The molecular weight excluding hydrogens is 302 g/mol. The number of carbonyl (C=O) groups is 1. The lowest BCUT2D eigenvalue weighted by molar-refractivity contribution is -0.121. The number of aromatic nitrogens is 1. The summed E-state index contributed by atoms with van der Waals surface area (Å²) >= 11 is 0. The number of nitrogens with one attached hydrogen (secondary N) is 1. The van der Waals surface area contributed by atoms with Crippen LogP contribution in [0.15, 0.2) is 65.8 Å². The zero-order valence-corrected chi connectivity index (χ0v) is 13.0. The third-order valence-corrected chi connectivity index (χ3v) is 3.59. The molecule has 0 fully saturated rings. The molecule has 2 N–H and O–H groups in total. The number of fused-ring (bicyclic) bond motifs is 1. The van der Waals surface area contributed by atoms with E-state index in [2.05, 4.69) is 15.5 Å². The quantitative estimate of drug-likeness (QED) is 0.561. The predicted octanol–water partition coefficient (Wildman–Crippen LogP) is 3.02. The highest BCUT2D eigenvalue weighted by Gasteiger charge is 2.02. The van der Waals surface area contributed by atoms with E-state index in [0.29, 0.717) is 24.1 Å². The van der Waals surface area contributed by atoms with Crippen LogP contribution >= 0.6 is 0 Å². The van der Waals surface area contributed by atoms with Crippen molar-refractivity contribution in [3.05, 3.63) is 71.9 Å². The monoisotopic (exact) mass is 319 g/mol. The Bertz CT molecular complexity index is 876. The molecule has 0 saturated heterocycles. The first-order valence-corrected chi connectivity index (χ1v) is 7.67. The van der Waals surface area contributed by atoms with E-state index in [-0.39, 0.29) is 11.7 Å². The van der Waals surface area contributed by atoms with Crippen LogP contribution in [0.5, 0.6) is 5.75 Å². The summed E-state index contributed by atoms with van der Waals surface area (Å²) in [6.45, 7) is 0. The minimum atomic E-state index is -0.154. The fraction of sp³-hybridized carbons (Fsp3) is 0.105. The van der Waals surface area contributed by atoms with E-state index in [1.165, 1.54) is 6.21 Å². The Morgan fingerprint density at radius 3 is 2.75 bits per heavy atom. The molecule has 0 aliphatic carbocycles. The third-order valence-electron chi connectivity index (χ3n) is 3.59. The average Bonchev–Trinajstić information content (AvgIpc) is 2.61. The van der Waals surface area contributed by atoms with Gasteiger partial charge in [-0.15, -0.1) is 0 Å². The van der Waals surface area contributed by atoms with Crippen LogP contribution in [0.1, 0.15) is 17.7 Å². The van der Waals surface area contributed by atoms with Gasteiger partial charge in [-0.1, -0.05) is 48.5 Å². The SMILES string of the molecule is O=C(CCc1ccccc1)N/N=C\c1ccc2cccc(O)c2n1. The normalized spacial score (nSPS) is 11.0. The lowest BCUT2D eigenvalue weighted by atomic mass is 10.1. The second kappa shape index (κ2) is 7.37. The zero-order chi connectivity index (χ0) is 16.8. The Balaban J connectivity index is 1.58. The number of hydrazone groups is 1. The summed E-state index contributed by atoms with van der Waals surface area (Å²) in [5, 5.41) is 14.6. The van der Waals surface area contributed by atoms with Gasteiger partial charge in [0.05, 0.1) is 11.9 Å². The summed E-state index contributed by atoms with van der Waals surface area (Å²) < 4.78 is 0. The largest absolute Gasteiger partial charge is 0.506 e. The van der Waals surface area contributed by atoms with E-state index in [4.69, 9.17) is 0 Å². The van der Waals surface area contributed by atoms with Crippen molar-refractivity contribution in [1.82, 2.24) is 10.4 Å². The summed E-state index contributed by atoms with van der Waals surface area (Å²) in [6.07, 6.45) is 2.50. The van der Waals surface area contributed by atoms with Crippen molar-refractivity contribution in [3.63, 3.8) is 0 Å². The number of benzene rings is 2. The lowest BCUT2D eigenvalue weighted by Gasteiger charge is -2.02. The van der Waals surface area contributed by atoms with Crippen molar-refractivity contribution >= 4 is 23.0 Å². The van der Waals surface area contributed by atoms with Gasteiger partial charge >= 0.3 is 0 Å². The molecule has 0 aliphatic heterocycles. The summed E-state index contributed by atoms with van der Waals surface area (Å²) in [5.41, 5.74) is 4.68. The maximum atomic E-state index is 11.8. The summed E-state index contributed by atoms with van der Waals surface area (Å²) in [5.74, 6) is -0.0339. The zero-order valence-electron chi connectivity index (χ0n) is 13.0. The van der Waals surface area contributed by atoms with Crippen molar-refractivity contribution in [2.75, 3.05) is 0 Å². The number of phenols is 1. The van der Waals surface area contributed by atoms with Gasteiger partial charge in [0.1, 0.15) is 11.3 Å². The summed E-state index contributed by atoms with van der Waals surface area (Å²) in [4.78, 5) is 16.1. The fourth-order valence-electron chi connectivity index (χ4n) is 2.35. The molecule has 0 spiro atoms. The molecule has 1 heterocycles. The molecule has 1 amide bonds. The molecule has 5 heteroatoms. The predicted molar refractivity (Wildman–Crippen MR) is 93.9 cm³/mol. The first-order valence-electron chi connectivity index (χ1n) is 7.67. The minimum absolute atomic E-state index is 0.120.